The molecule has 1 aromatic carbocycles. The Morgan fingerprint density at radius 3 is 2.48 bits per heavy atom. The minimum Gasteiger partial charge on any atom is -0.399 e. The molecule has 0 aliphatic rings. The van der Waals surface area contributed by atoms with E-state index in [0.29, 0.717) is 13.0 Å². The molecule has 0 aromatic heterocycles. The van der Waals surface area contributed by atoms with Crippen LogP contribution >= 0.6 is 0 Å². The number of sulfonamides is 1. The highest BCUT2D eigenvalue weighted by Gasteiger charge is 2.24. The second-order valence-electron chi connectivity index (χ2n) is 4.91. The summed E-state index contributed by atoms with van der Waals surface area (Å²) in [4.78, 5) is -0.177. The third-order valence-electron chi connectivity index (χ3n) is 3.14. The molecule has 0 radical (unpaired) electrons. The maximum Gasteiger partial charge on any atom is 0.243 e. The second kappa shape index (κ2) is 8.31. The third-order valence-corrected chi connectivity index (χ3v) is 5.02. The first kappa shape index (κ1) is 17.9. The van der Waals surface area contributed by atoms with Gasteiger partial charge in [0.1, 0.15) is 5.82 Å². The average molecular weight is 318 g/mol. The van der Waals surface area contributed by atoms with E-state index in [1.54, 1.807) is 0 Å². The number of aliphatic hydroxyl groups is 1. The number of rotatable bonds is 9. The van der Waals surface area contributed by atoms with Crippen LogP contribution in [0.15, 0.2) is 23.1 Å². The van der Waals surface area contributed by atoms with Gasteiger partial charge in [-0.1, -0.05) is 26.2 Å². The van der Waals surface area contributed by atoms with Gasteiger partial charge in [0.15, 0.2) is 0 Å². The van der Waals surface area contributed by atoms with Crippen LogP contribution in [-0.2, 0) is 10.0 Å². The lowest BCUT2D eigenvalue weighted by Gasteiger charge is -2.21. The molecule has 1 rings (SSSR count). The minimum atomic E-state index is -3.84. The first-order chi connectivity index (χ1) is 9.91. The van der Waals surface area contributed by atoms with Gasteiger partial charge in [-0.3, -0.25) is 0 Å². The van der Waals surface area contributed by atoms with Gasteiger partial charge in [0, 0.05) is 18.8 Å². The summed E-state index contributed by atoms with van der Waals surface area (Å²) in [5, 5.41) is 9.05. The molecular weight excluding hydrogens is 295 g/mol. The van der Waals surface area contributed by atoms with Crippen molar-refractivity contribution in [2.24, 2.45) is 0 Å². The Kier molecular flexibility index (Phi) is 7.07. The van der Waals surface area contributed by atoms with Crippen molar-refractivity contribution >= 4 is 15.7 Å². The van der Waals surface area contributed by atoms with Crippen LogP contribution in [0.5, 0.6) is 0 Å². The molecule has 5 nitrogen and oxygen atoms in total. The Morgan fingerprint density at radius 1 is 1.19 bits per heavy atom. The Hall–Kier alpha value is -1.18. The van der Waals surface area contributed by atoms with Crippen molar-refractivity contribution in [3.05, 3.63) is 24.0 Å². The molecule has 0 unspecified atom stereocenters. The van der Waals surface area contributed by atoms with Gasteiger partial charge >= 0.3 is 0 Å². The molecule has 0 heterocycles. The van der Waals surface area contributed by atoms with Crippen molar-refractivity contribution in [3.8, 4) is 0 Å². The summed E-state index contributed by atoms with van der Waals surface area (Å²) in [7, 11) is -3.84. The van der Waals surface area contributed by atoms with E-state index in [0.717, 1.165) is 31.4 Å². The van der Waals surface area contributed by atoms with E-state index < -0.39 is 15.8 Å². The molecule has 21 heavy (non-hydrogen) atoms. The highest BCUT2D eigenvalue weighted by molar-refractivity contribution is 7.89. The van der Waals surface area contributed by atoms with E-state index in [1.807, 2.05) is 0 Å². The molecule has 0 atom stereocenters. The van der Waals surface area contributed by atoms with E-state index in [2.05, 4.69) is 6.92 Å². The van der Waals surface area contributed by atoms with Gasteiger partial charge in [-0.05, 0) is 24.6 Å². The summed E-state index contributed by atoms with van der Waals surface area (Å²) in [6.45, 7) is 2.08. The summed E-state index contributed by atoms with van der Waals surface area (Å²) in [6, 6.07) is 3.24. The molecule has 0 bridgehead atoms. The molecular formula is C14H23FN2O3S. The van der Waals surface area contributed by atoms with E-state index in [9.17, 15) is 12.8 Å². The number of nitrogens with zero attached hydrogens (tertiary/aromatic N) is 1. The largest absolute Gasteiger partial charge is 0.399 e. The fourth-order valence-corrected chi connectivity index (χ4v) is 3.60. The Bertz CT molecular complexity index is 529. The maximum absolute atomic E-state index is 13.3. The first-order valence-electron chi connectivity index (χ1n) is 7.09. The van der Waals surface area contributed by atoms with E-state index in [1.165, 1.54) is 10.4 Å². The normalized spacial score (nSPS) is 12.0. The Labute approximate surface area is 125 Å². The molecule has 7 heteroatoms. The van der Waals surface area contributed by atoms with Crippen molar-refractivity contribution < 1.29 is 17.9 Å². The fourth-order valence-electron chi connectivity index (χ4n) is 2.06. The number of hydrogen-bond donors (Lipinski definition) is 2. The SMILES string of the molecule is CCCCCCN(CCO)S(=O)(=O)c1cc(N)cc(F)c1. The highest BCUT2D eigenvalue weighted by atomic mass is 32.2. The zero-order chi connectivity index (χ0) is 15.9. The van der Waals surface area contributed by atoms with E-state index in [4.69, 9.17) is 10.8 Å². The zero-order valence-electron chi connectivity index (χ0n) is 12.3. The molecule has 0 fully saturated rings. The number of unbranched alkanes of at least 4 members (excludes halogenated alkanes) is 3. The Morgan fingerprint density at radius 2 is 1.90 bits per heavy atom. The molecule has 0 aliphatic heterocycles. The predicted molar refractivity (Wildman–Crippen MR) is 80.8 cm³/mol. The van der Waals surface area contributed by atoms with Crippen LogP contribution in [0.3, 0.4) is 0 Å². The summed E-state index contributed by atoms with van der Waals surface area (Å²) >= 11 is 0. The summed E-state index contributed by atoms with van der Waals surface area (Å²) < 4.78 is 39.5. The van der Waals surface area contributed by atoms with Gasteiger partial charge in [-0.2, -0.15) is 4.31 Å². The number of nitrogens with two attached hydrogens (primary N) is 1. The van der Waals surface area contributed by atoms with E-state index in [-0.39, 0.29) is 23.7 Å². The van der Waals surface area contributed by atoms with E-state index >= 15 is 0 Å². The molecule has 0 spiro atoms. The number of halogens is 1. The molecule has 3 N–H and O–H groups in total. The van der Waals surface area contributed by atoms with Crippen LogP contribution in [0.1, 0.15) is 32.6 Å². The third kappa shape index (κ3) is 5.26. The Balaban J connectivity index is 2.92. The van der Waals surface area contributed by atoms with Crippen molar-refractivity contribution in [2.75, 3.05) is 25.4 Å². The average Bonchev–Trinajstić information content (AvgIpc) is 2.41. The van der Waals surface area contributed by atoms with Gasteiger partial charge < -0.3 is 10.8 Å². The van der Waals surface area contributed by atoms with Gasteiger partial charge in [0.05, 0.1) is 11.5 Å². The number of hydrogen-bond acceptors (Lipinski definition) is 4. The van der Waals surface area contributed by atoms with Crippen molar-refractivity contribution in [2.45, 2.75) is 37.5 Å². The lowest BCUT2D eigenvalue weighted by atomic mass is 10.2. The highest BCUT2D eigenvalue weighted by Crippen LogP contribution is 2.20. The predicted octanol–water partition coefficient (Wildman–Crippen LogP) is 1.97. The summed E-state index contributed by atoms with van der Waals surface area (Å²) in [5.74, 6) is -0.691. The monoisotopic (exact) mass is 318 g/mol. The lowest BCUT2D eigenvalue weighted by molar-refractivity contribution is 0.251. The van der Waals surface area contributed by atoms with Crippen LogP contribution in [0.25, 0.3) is 0 Å². The number of aliphatic hydroxyl groups excluding tert-OH is 1. The van der Waals surface area contributed by atoms with Gasteiger partial charge in [0.2, 0.25) is 10.0 Å². The van der Waals surface area contributed by atoms with Crippen molar-refractivity contribution in [1.82, 2.24) is 4.31 Å². The smallest absolute Gasteiger partial charge is 0.243 e. The van der Waals surface area contributed by atoms with Crippen LogP contribution in [0, 0.1) is 5.82 Å². The van der Waals surface area contributed by atoms with Crippen molar-refractivity contribution in [3.63, 3.8) is 0 Å². The zero-order valence-corrected chi connectivity index (χ0v) is 13.1. The lowest BCUT2D eigenvalue weighted by Crippen LogP contribution is -2.34. The van der Waals surface area contributed by atoms with Gasteiger partial charge in [-0.25, -0.2) is 12.8 Å². The second-order valence-corrected chi connectivity index (χ2v) is 6.85. The van der Waals surface area contributed by atoms with Crippen LogP contribution in [-0.4, -0.2) is 37.5 Å². The molecule has 0 aliphatic carbocycles. The molecule has 0 saturated carbocycles. The topological polar surface area (TPSA) is 83.6 Å². The molecule has 120 valence electrons. The van der Waals surface area contributed by atoms with Gasteiger partial charge in [0.25, 0.3) is 0 Å². The van der Waals surface area contributed by atoms with Crippen molar-refractivity contribution in [1.29, 1.82) is 0 Å². The first-order valence-corrected chi connectivity index (χ1v) is 8.53. The minimum absolute atomic E-state index is 0.00905. The standard InChI is InChI=1S/C14H23FN2O3S/c1-2-3-4-5-6-17(7-8-18)21(19,20)14-10-12(15)9-13(16)11-14/h9-11,18H,2-8,16H2,1H3. The number of benzene rings is 1. The summed E-state index contributed by atoms with van der Waals surface area (Å²) in [5.41, 5.74) is 5.56. The fraction of sp³-hybridized carbons (Fsp3) is 0.571. The quantitative estimate of drug-likeness (QED) is 0.538. The van der Waals surface area contributed by atoms with Crippen LogP contribution < -0.4 is 5.73 Å². The van der Waals surface area contributed by atoms with Crippen LogP contribution in [0.4, 0.5) is 10.1 Å². The number of nitrogen functional groups attached to an aromatic ring is 1. The van der Waals surface area contributed by atoms with Gasteiger partial charge in [-0.15, -0.1) is 0 Å². The number of anilines is 1. The molecule has 1 aromatic rings. The maximum atomic E-state index is 13.3. The molecule has 0 amide bonds. The molecule has 0 saturated heterocycles. The van der Waals surface area contributed by atoms with Crippen LogP contribution in [0.2, 0.25) is 0 Å². The summed E-state index contributed by atoms with van der Waals surface area (Å²) in [6.07, 6.45) is 3.70.